The summed E-state index contributed by atoms with van der Waals surface area (Å²) in [7, 11) is 2.01. The van der Waals surface area contributed by atoms with Gasteiger partial charge in [0.1, 0.15) is 0 Å². The van der Waals surface area contributed by atoms with Gasteiger partial charge in [0, 0.05) is 24.5 Å². The first kappa shape index (κ1) is 13.1. The smallest absolute Gasteiger partial charge is 0.227 e. The molecule has 1 amide bonds. The standard InChI is InChI=1S/C14H23N3O/c1-10-6-7-11(17(10)3)9-16-13(18)14(2)8-4-5-12(14)15/h6-7,12H,4-5,8-9,15H2,1-3H3,(H,16,18). The third-order valence-electron chi connectivity index (χ3n) is 4.46. The predicted molar refractivity (Wildman–Crippen MR) is 71.9 cm³/mol. The van der Waals surface area contributed by atoms with Crippen LogP contribution in [0.3, 0.4) is 0 Å². The van der Waals surface area contributed by atoms with Crippen molar-refractivity contribution >= 4 is 5.91 Å². The summed E-state index contributed by atoms with van der Waals surface area (Å²) in [5, 5.41) is 3.03. The summed E-state index contributed by atoms with van der Waals surface area (Å²) in [6, 6.07) is 4.10. The van der Waals surface area contributed by atoms with Gasteiger partial charge in [0.05, 0.1) is 12.0 Å². The number of carbonyl (C=O) groups excluding carboxylic acids is 1. The van der Waals surface area contributed by atoms with Gasteiger partial charge < -0.3 is 15.6 Å². The van der Waals surface area contributed by atoms with Crippen molar-refractivity contribution < 1.29 is 4.79 Å². The van der Waals surface area contributed by atoms with E-state index < -0.39 is 0 Å². The zero-order chi connectivity index (χ0) is 13.3. The molecular weight excluding hydrogens is 226 g/mol. The Morgan fingerprint density at radius 2 is 2.33 bits per heavy atom. The fourth-order valence-corrected chi connectivity index (χ4v) is 2.69. The molecule has 0 bridgehead atoms. The van der Waals surface area contributed by atoms with E-state index >= 15 is 0 Å². The molecule has 0 aliphatic heterocycles. The number of aryl methyl sites for hydroxylation is 1. The minimum Gasteiger partial charge on any atom is -0.350 e. The first-order valence-corrected chi connectivity index (χ1v) is 6.60. The number of rotatable bonds is 3. The van der Waals surface area contributed by atoms with Crippen molar-refractivity contribution in [3.05, 3.63) is 23.5 Å². The lowest BCUT2D eigenvalue weighted by Gasteiger charge is -2.27. The van der Waals surface area contributed by atoms with E-state index in [1.54, 1.807) is 0 Å². The fourth-order valence-electron chi connectivity index (χ4n) is 2.69. The number of carbonyl (C=O) groups is 1. The van der Waals surface area contributed by atoms with Gasteiger partial charge in [-0.2, -0.15) is 0 Å². The summed E-state index contributed by atoms with van der Waals surface area (Å²) in [6.07, 6.45) is 2.90. The van der Waals surface area contributed by atoms with Crippen molar-refractivity contribution in [2.24, 2.45) is 18.2 Å². The van der Waals surface area contributed by atoms with E-state index in [1.807, 2.05) is 20.0 Å². The maximum Gasteiger partial charge on any atom is 0.227 e. The van der Waals surface area contributed by atoms with E-state index in [2.05, 4.69) is 22.9 Å². The van der Waals surface area contributed by atoms with Crippen molar-refractivity contribution in [2.75, 3.05) is 0 Å². The second-order valence-corrected chi connectivity index (χ2v) is 5.62. The number of aromatic nitrogens is 1. The van der Waals surface area contributed by atoms with Crippen LogP contribution in [0.1, 0.15) is 37.6 Å². The highest BCUT2D eigenvalue weighted by atomic mass is 16.2. The molecule has 2 atom stereocenters. The molecule has 0 saturated heterocycles. The molecular formula is C14H23N3O. The predicted octanol–water partition coefficient (Wildman–Crippen LogP) is 1.47. The highest BCUT2D eigenvalue weighted by Crippen LogP contribution is 2.36. The highest BCUT2D eigenvalue weighted by molar-refractivity contribution is 5.83. The molecule has 4 heteroatoms. The molecule has 1 fully saturated rings. The normalized spacial score (nSPS) is 27.4. The summed E-state index contributed by atoms with van der Waals surface area (Å²) in [5.41, 5.74) is 7.98. The molecule has 1 aromatic heterocycles. The molecule has 0 aromatic carbocycles. The van der Waals surface area contributed by atoms with Gasteiger partial charge in [-0.05, 0) is 38.8 Å². The van der Waals surface area contributed by atoms with E-state index in [0.717, 1.165) is 25.0 Å². The van der Waals surface area contributed by atoms with Crippen LogP contribution in [0.15, 0.2) is 12.1 Å². The Morgan fingerprint density at radius 1 is 1.61 bits per heavy atom. The van der Waals surface area contributed by atoms with Gasteiger partial charge in [-0.15, -0.1) is 0 Å². The van der Waals surface area contributed by atoms with Crippen LogP contribution in [0.2, 0.25) is 0 Å². The van der Waals surface area contributed by atoms with Gasteiger partial charge >= 0.3 is 0 Å². The van der Waals surface area contributed by atoms with Crippen LogP contribution in [0.4, 0.5) is 0 Å². The maximum atomic E-state index is 12.3. The molecule has 18 heavy (non-hydrogen) atoms. The van der Waals surface area contributed by atoms with Crippen molar-refractivity contribution in [1.29, 1.82) is 0 Å². The van der Waals surface area contributed by atoms with E-state index in [9.17, 15) is 4.79 Å². The average molecular weight is 249 g/mol. The number of hydrogen-bond donors (Lipinski definition) is 2. The number of nitrogens with zero attached hydrogens (tertiary/aromatic N) is 1. The number of hydrogen-bond acceptors (Lipinski definition) is 2. The SMILES string of the molecule is Cc1ccc(CNC(=O)C2(C)CCCC2N)n1C. The first-order chi connectivity index (χ1) is 8.45. The molecule has 1 saturated carbocycles. The van der Waals surface area contributed by atoms with Crippen molar-refractivity contribution in [3.63, 3.8) is 0 Å². The van der Waals surface area contributed by atoms with Crippen LogP contribution in [-0.4, -0.2) is 16.5 Å². The second-order valence-electron chi connectivity index (χ2n) is 5.62. The molecule has 1 aromatic rings. The molecule has 1 aliphatic rings. The number of nitrogens with two attached hydrogens (primary N) is 1. The zero-order valence-corrected chi connectivity index (χ0v) is 11.5. The largest absolute Gasteiger partial charge is 0.350 e. The van der Waals surface area contributed by atoms with Crippen LogP contribution in [0.25, 0.3) is 0 Å². The maximum absolute atomic E-state index is 12.3. The Bertz CT molecular complexity index is 452. The quantitative estimate of drug-likeness (QED) is 0.852. The molecule has 4 nitrogen and oxygen atoms in total. The van der Waals surface area contributed by atoms with Gasteiger partial charge in [-0.25, -0.2) is 0 Å². The van der Waals surface area contributed by atoms with Crippen LogP contribution in [-0.2, 0) is 18.4 Å². The average Bonchev–Trinajstić information content (AvgIpc) is 2.84. The molecule has 0 radical (unpaired) electrons. The van der Waals surface area contributed by atoms with Crippen molar-refractivity contribution in [1.82, 2.24) is 9.88 Å². The Kier molecular flexibility index (Phi) is 3.48. The highest BCUT2D eigenvalue weighted by Gasteiger charge is 2.42. The number of amides is 1. The van der Waals surface area contributed by atoms with Crippen LogP contribution >= 0.6 is 0 Å². The van der Waals surface area contributed by atoms with Crippen molar-refractivity contribution in [2.45, 2.75) is 45.7 Å². The lowest BCUT2D eigenvalue weighted by molar-refractivity contribution is -0.130. The van der Waals surface area contributed by atoms with Crippen molar-refractivity contribution in [3.8, 4) is 0 Å². The van der Waals surface area contributed by atoms with Gasteiger partial charge in [0.2, 0.25) is 5.91 Å². The van der Waals surface area contributed by atoms with Crippen LogP contribution in [0.5, 0.6) is 0 Å². The molecule has 3 N–H and O–H groups in total. The van der Waals surface area contributed by atoms with Gasteiger partial charge in [0.25, 0.3) is 0 Å². The molecule has 2 unspecified atom stereocenters. The van der Waals surface area contributed by atoms with E-state index in [4.69, 9.17) is 5.73 Å². The fraction of sp³-hybridized carbons (Fsp3) is 0.643. The molecule has 2 rings (SSSR count). The first-order valence-electron chi connectivity index (χ1n) is 6.60. The molecule has 1 heterocycles. The molecule has 0 spiro atoms. The lowest BCUT2D eigenvalue weighted by atomic mass is 9.84. The van der Waals surface area contributed by atoms with Crippen LogP contribution < -0.4 is 11.1 Å². The summed E-state index contributed by atoms with van der Waals surface area (Å²) < 4.78 is 2.09. The minimum atomic E-state index is -0.389. The zero-order valence-electron chi connectivity index (χ0n) is 11.5. The third-order valence-corrected chi connectivity index (χ3v) is 4.46. The lowest BCUT2D eigenvalue weighted by Crippen LogP contribution is -2.47. The second kappa shape index (κ2) is 4.76. The topological polar surface area (TPSA) is 60.1 Å². The van der Waals surface area contributed by atoms with E-state index in [0.29, 0.717) is 6.54 Å². The van der Waals surface area contributed by atoms with E-state index in [-0.39, 0.29) is 17.4 Å². The third kappa shape index (κ3) is 2.17. The Balaban J connectivity index is 1.98. The Hall–Kier alpha value is -1.29. The Morgan fingerprint density at radius 3 is 2.83 bits per heavy atom. The number of nitrogens with one attached hydrogen (secondary N) is 1. The Labute approximate surface area is 109 Å². The van der Waals surface area contributed by atoms with Gasteiger partial charge in [-0.3, -0.25) is 4.79 Å². The molecule has 100 valence electrons. The monoisotopic (exact) mass is 249 g/mol. The minimum absolute atomic E-state index is 0.00681. The molecule has 1 aliphatic carbocycles. The summed E-state index contributed by atoms with van der Waals surface area (Å²) >= 11 is 0. The van der Waals surface area contributed by atoms with Gasteiger partial charge in [-0.1, -0.05) is 6.42 Å². The van der Waals surface area contributed by atoms with Gasteiger partial charge in [0.15, 0.2) is 0 Å². The summed E-state index contributed by atoms with van der Waals surface area (Å²) in [4.78, 5) is 12.3. The summed E-state index contributed by atoms with van der Waals surface area (Å²) in [5.74, 6) is 0.0892. The van der Waals surface area contributed by atoms with Crippen LogP contribution in [0, 0.1) is 12.3 Å². The summed E-state index contributed by atoms with van der Waals surface area (Å²) in [6.45, 7) is 4.61. The van der Waals surface area contributed by atoms with E-state index in [1.165, 1.54) is 5.69 Å².